The maximum absolute atomic E-state index is 9.40. The van der Waals surface area contributed by atoms with Crippen molar-refractivity contribution in [1.29, 1.82) is 0 Å². The SMILES string of the molecule is CCC(C)(Oc1ccc(CCN(CN)CN)cc1)[P+](=S)N(C)/N=C/c1ccc(O)cc1. The second-order valence-electron chi connectivity index (χ2n) is 7.38. The number of hydrogen-bond donors (Lipinski definition) is 3. The minimum Gasteiger partial charge on any atom is -0.508 e. The summed E-state index contributed by atoms with van der Waals surface area (Å²) in [6, 6.07) is 15.0. The largest absolute Gasteiger partial charge is 0.508 e. The number of benzene rings is 2. The Kier molecular flexibility index (Phi) is 9.81. The average Bonchev–Trinajstić information content (AvgIpc) is 2.79. The number of aromatic hydroxyl groups is 1. The smallest absolute Gasteiger partial charge is 0.358 e. The number of hydrazone groups is 1. The van der Waals surface area contributed by atoms with Gasteiger partial charge in [0.1, 0.15) is 11.5 Å². The Balaban J connectivity index is 2.01. The van der Waals surface area contributed by atoms with E-state index in [0.717, 1.165) is 30.7 Å². The zero-order valence-corrected chi connectivity index (χ0v) is 20.1. The van der Waals surface area contributed by atoms with Gasteiger partial charge in [0, 0.05) is 33.2 Å². The first kappa shape index (κ1) is 25.2. The summed E-state index contributed by atoms with van der Waals surface area (Å²) in [6.45, 7) is 4.71. The van der Waals surface area contributed by atoms with Crippen molar-refractivity contribution < 1.29 is 9.84 Å². The van der Waals surface area contributed by atoms with Gasteiger partial charge in [-0.25, -0.2) is 0 Å². The molecule has 0 heterocycles. The molecule has 0 spiro atoms. The van der Waals surface area contributed by atoms with Crippen LogP contribution in [0.5, 0.6) is 11.5 Å². The van der Waals surface area contributed by atoms with Crippen LogP contribution in [0, 0.1) is 0 Å². The second kappa shape index (κ2) is 12.1. The zero-order chi connectivity index (χ0) is 22.9. The normalized spacial score (nSPS) is 13.9. The fraction of sp³-hybridized carbons (Fsp3) is 0.409. The van der Waals surface area contributed by atoms with E-state index in [-0.39, 0.29) is 5.75 Å². The molecule has 2 rings (SSSR count). The van der Waals surface area contributed by atoms with Gasteiger partial charge in [0.15, 0.2) is 11.8 Å². The van der Waals surface area contributed by atoms with E-state index >= 15 is 0 Å². The van der Waals surface area contributed by atoms with E-state index in [1.165, 1.54) is 5.56 Å². The van der Waals surface area contributed by atoms with Crippen molar-refractivity contribution in [3.05, 3.63) is 59.7 Å². The van der Waals surface area contributed by atoms with Crippen molar-refractivity contribution in [1.82, 2.24) is 9.68 Å². The Hall–Kier alpha value is -2.09. The summed E-state index contributed by atoms with van der Waals surface area (Å²) in [5.41, 5.74) is 13.4. The van der Waals surface area contributed by atoms with Crippen molar-refractivity contribution in [3.63, 3.8) is 0 Å². The first-order valence-corrected chi connectivity index (χ1v) is 12.6. The highest BCUT2D eigenvalue weighted by Gasteiger charge is 2.44. The van der Waals surface area contributed by atoms with Gasteiger partial charge in [-0.1, -0.05) is 19.1 Å². The molecule has 2 aromatic carbocycles. The van der Waals surface area contributed by atoms with Gasteiger partial charge in [0.25, 0.3) is 5.34 Å². The zero-order valence-electron chi connectivity index (χ0n) is 18.4. The molecule has 9 heteroatoms. The van der Waals surface area contributed by atoms with Crippen LogP contribution < -0.4 is 16.2 Å². The van der Waals surface area contributed by atoms with Gasteiger partial charge in [-0.3, -0.25) is 4.90 Å². The van der Waals surface area contributed by atoms with E-state index in [9.17, 15) is 5.11 Å². The second-order valence-corrected chi connectivity index (χ2v) is 10.5. The highest BCUT2D eigenvalue weighted by atomic mass is 32.4. The molecule has 2 unspecified atom stereocenters. The molecule has 0 aliphatic rings. The average molecular weight is 463 g/mol. The summed E-state index contributed by atoms with van der Waals surface area (Å²) < 4.78 is 8.15. The lowest BCUT2D eigenvalue weighted by molar-refractivity contribution is 0.171. The van der Waals surface area contributed by atoms with Crippen LogP contribution in [-0.2, 0) is 18.2 Å². The molecule has 0 amide bonds. The molecule has 0 aromatic heterocycles. The first-order valence-electron chi connectivity index (χ1n) is 10.3. The molecule has 5 N–H and O–H groups in total. The van der Waals surface area contributed by atoms with Crippen LogP contribution in [0.25, 0.3) is 0 Å². The van der Waals surface area contributed by atoms with Crippen molar-refractivity contribution in [2.45, 2.75) is 32.0 Å². The highest BCUT2D eigenvalue weighted by molar-refractivity contribution is 8.04. The van der Waals surface area contributed by atoms with Crippen LogP contribution in [0.3, 0.4) is 0 Å². The molecular weight excluding hydrogens is 429 g/mol. The molecule has 7 nitrogen and oxygen atoms in total. The molecule has 0 saturated heterocycles. The number of phenols is 1. The van der Waals surface area contributed by atoms with Crippen molar-refractivity contribution >= 4 is 24.9 Å². The predicted molar refractivity (Wildman–Crippen MR) is 132 cm³/mol. The molecule has 0 fully saturated rings. The molecule has 0 bridgehead atoms. The quantitative estimate of drug-likeness (QED) is 0.192. The van der Waals surface area contributed by atoms with Crippen molar-refractivity contribution in [2.24, 2.45) is 16.6 Å². The van der Waals surface area contributed by atoms with Crippen molar-refractivity contribution in [2.75, 3.05) is 26.9 Å². The van der Waals surface area contributed by atoms with Gasteiger partial charge in [0.2, 0.25) is 0 Å². The molecule has 0 aliphatic heterocycles. The van der Waals surface area contributed by atoms with Crippen LogP contribution in [0.2, 0.25) is 0 Å². The summed E-state index contributed by atoms with van der Waals surface area (Å²) in [4.78, 5) is 1.98. The Morgan fingerprint density at radius 1 is 1.13 bits per heavy atom. The fourth-order valence-electron chi connectivity index (χ4n) is 2.83. The summed E-state index contributed by atoms with van der Waals surface area (Å²) >= 11 is 5.83. The first-order chi connectivity index (χ1) is 14.8. The van der Waals surface area contributed by atoms with Gasteiger partial charge in [-0.05, 0) is 53.9 Å². The lowest BCUT2D eigenvalue weighted by Crippen LogP contribution is -2.36. The van der Waals surface area contributed by atoms with E-state index in [1.54, 1.807) is 35.3 Å². The summed E-state index contributed by atoms with van der Waals surface area (Å²) in [7, 11) is 1.87. The van der Waals surface area contributed by atoms with Crippen LogP contribution in [-0.4, -0.2) is 53.3 Å². The third-order valence-electron chi connectivity index (χ3n) is 5.08. The number of hydrogen-bond acceptors (Lipinski definition) is 7. The molecule has 2 aromatic rings. The number of rotatable bonds is 12. The number of nitrogens with zero attached hydrogens (tertiary/aromatic N) is 3. The molecule has 0 radical (unpaired) electrons. The molecule has 31 heavy (non-hydrogen) atoms. The van der Waals surface area contributed by atoms with E-state index < -0.39 is 12.2 Å². The molecule has 2 atom stereocenters. The number of phenolic OH excluding ortho intramolecular Hbond substituents is 1. The maximum Gasteiger partial charge on any atom is 0.358 e. The summed E-state index contributed by atoms with van der Waals surface area (Å²) in [6.07, 6.45) is 3.37. The number of ether oxygens (including phenoxy) is 1. The van der Waals surface area contributed by atoms with E-state index in [2.05, 4.69) is 24.2 Å². The minimum absolute atomic E-state index is 0.227. The van der Waals surface area contributed by atoms with Gasteiger partial charge < -0.3 is 21.3 Å². The van der Waals surface area contributed by atoms with E-state index in [4.69, 9.17) is 28.0 Å². The minimum atomic E-state index is -1.13. The summed E-state index contributed by atoms with van der Waals surface area (Å²) in [5, 5.41) is 13.4. The lowest BCUT2D eigenvalue weighted by atomic mass is 10.1. The predicted octanol–water partition coefficient (Wildman–Crippen LogP) is 3.40. The van der Waals surface area contributed by atoms with Gasteiger partial charge in [0.05, 0.1) is 13.3 Å². The monoisotopic (exact) mass is 462 g/mol. The van der Waals surface area contributed by atoms with Crippen LogP contribution >= 0.6 is 6.85 Å². The third kappa shape index (κ3) is 7.52. The van der Waals surface area contributed by atoms with Crippen molar-refractivity contribution in [3.8, 4) is 11.5 Å². The Bertz CT molecular complexity index is 859. The molecular formula is C22H33N5O2PS+. The van der Waals surface area contributed by atoms with Gasteiger partial charge in [-0.15, -0.1) is 9.88 Å². The Morgan fingerprint density at radius 3 is 2.29 bits per heavy atom. The number of nitrogens with two attached hydrogens (primary N) is 2. The Labute approximate surface area is 191 Å². The van der Waals surface area contributed by atoms with Gasteiger partial charge >= 0.3 is 6.85 Å². The standard InChI is InChI=1S/C22H32N5O2PS/c1-4-22(2,30(31)26(3)25-15-19-5-9-20(28)10-6-19)29-21-11-7-18(8-12-21)13-14-27(16-23)17-24/h5-12,15H,4,13-14,16-17,23-24H2,1-3H3/p+1. The Morgan fingerprint density at radius 2 is 1.74 bits per heavy atom. The topological polar surface area (TPSA) is 100 Å². The molecule has 0 saturated carbocycles. The maximum atomic E-state index is 9.40. The van der Waals surface area contributed by atoms with Crippen LogP contribution in [0.4, 0.5) is 0 Å². The highest BCUT2D eigenvalue weighted by Crippen LogP contribution is 2.45. The lowest BCUT2D eigenvalue weighted by Gasteiger charge is -2.23. The summed E-state index contributed by atoms with van der Waals surface area (Å²) in [5.74, 6) is 1.01. The van der Waals surface area contributed by atoms with E-state index in [0.29, 0.717) is 13.3 Å². The van der Waals surface area contributed by atoms with Gasteiger partial charge in [-0.2, -0.15) is 0 Å². The third-order valence-corrected chi connectivity index (χ3v) is 8.80. The van der Waals surface area contributed by atoms with Crippen LogP contribution in [0.1, 0.15) is 31.4 Å². The molecule has 168 valence electrons. The molecule has 0 aliphatic carbocycles. The van der Waals surface area contributed by atoms with Crippen LogP contribution in [0.15, 0.2) is 53.6 Å². The fourth-order valence-corrected chi connectivity index (χ4v) is 4.67. The van der Waals surface area contributed by atoms with E-state index in [1.807, 2.05) is 31.0 Å².